The first kappa shape index (κ1) is 42.4. The van der Waals surface area contributed by atoms with Gasteiger partial charge in [-0.15, -0.1) is 0 Å². The van der Waals surface area contributed by atoms with Gasteiger partial charge in [0.05, 0.1) is 12.1 Å². The molecule has 0 spiro atoms. The number of rotatable bonds is 27. The van der Waals surface area contributed by atoms with Crippen molar-refractivity contribution in [2.75, 3.05) is 6.54 Å². The van der Waals surface area contributed by atoms with E-state index in [1.807, 2.05) is 74.5 Å². The van der Waals surface area contributed by atoms with Gasteiger partial charge in [0, 0.05) is 12.3 Å². The van der Waals surface area contributed by atoms with E-state index in [0.29, 0.717) is 25.0 Å². The van der Waals surface area contributed by atoms with Gasteiger partial charge in [-0.25, -0.2) is 9.59 Å². The molecule has 4 atom stereocenters. The summed E-state index contributed by atoms with van der Waals surface area (Å²) in [7, 11) is 0. The van der Waals surface area contributed by atoms with E-state index in [1.165, 1.54) is 24.3 Å². The largest absolute Gasteiger partial charge is 0.465 e. The van der Waals surface area contributed by atoms with Crippen LogP contribution in [0.4, 0.5) is 9.59 Å². The van der Waals surface area contributed by atoms with Gasteiger partial charge in [-0.1, -0.05) is 146 Å². The number of hydrazine groups is 1. The molecule has 0 bridgehead atoms. The second kappa shape index (κ2) is 23.6. The minimum Gasteiger partial charge on any atom is -0.465 e. The van der Waals surface area contributed by atoms with Crippen LogP contribution in [0.2, 0.25) is 0 Å². The minimum absolute atomic E-state index is 0.0639. The highest BCUT2D eigenvalue weighted by Gasteiger charge is 2.49. The van der Waals surface area contributed by atoms with E-state index in [4.69, 9.17) is 0 Å². The van der Waals surface area contributed by atoms with Crippen molar-refractivity contribution in [3.8, 4) is 0 Å². The van der Waals surface area contributed by atoms with Crippen LogP contribution in [0.3, 0.4) is 0 Å². The molecule has 2 amide bonds. The third kappa shape index (κ3) is 15.0. The topological polar surface area (TPSA) is 148 Å². The van der Waals surface area contributed by atoms with Crippen molar-refractivity contribution in [2.45, 2.75) is 129 Å². The standard InChI is InChI=1S/C40H62N4O6/c1-31(2)36(29-45)41-26-20-12-10-8-6-5-7-9-11-19-25-35(27-33-21-15-13-16-22-33)40(42-38(47)48,28-34-23-17-14-18-24-34)44(43-39(49)50)37(30-46)32(3)4/h13-18,21-24,29-32,35-37,41-43H,5-12,19-20,25-28H2,1-4H3,(H,47,48)(H,49,50)/t35-,36?,37+,40?/m0/s1. The summed E-state index contributed by atoms with van der Waals surface area (Å²) in [4.78, 5) is 48.7. The molecule has 10 nitrogen and oxygen atoms in total. The monoisotopic (exact) mass is 694 g/mol. The first-order valence-corrected chi connectivity index (χ1v) is 18.6. The molecule has 2 rings (SSSR count). The van der Waals surface area contributed by atoms with Gasteiger partial charge < -0.3 is 30.4 Å². The molecule has 0 saturated heterocycles. The van der Waals surface area contributed by atoms with Crippen molar-refractivity contribution in [3.63, 3.8) is 0 Å². The lowest BCUT2D eigenvalue weighted by molar-refractivity contribution is -0.125. The maximum atomic E-state index is 12.7. The Labute approximate surface area is 299 Å². The van der Waals surface area contributed by atoms with Gasteiger partial charge in [0.2, 0.25) is 0 Å². The van der Waals surface area contributed by atoms with Crippen LogP contribution in [0.5, 0.6) is 0 Å². The average molecular weight is 695 g/mol. The summed E-state index contributed by atoms with van der Waals surface area (Å²) in [5.41, 5.74) is 2.83. The zero-order valence-corrected chi connectivity index (χ0v) is 30.7. The second-order valence-corrected chi connectivity index (χ2v) is 14.2. The van der Waals surface area contributed by atoms with Crippen LogP contribution in [-0.4, -0.2) is 64.3 Å². The molecule has 0 radical (unpaired) electrons. The Morgan fingerprint density at radius 3 is 1.68 bits per heavy atom. The van der Waals surface area contributed by atoms with Gasteiger partial charge >= 0.3 is 12.2 Å². The number of hydrogen-bond acceptors (Lipinski definition) is 6. The summed E-state index contributed by atoms with van der Waals surface area (Å²) >= 11 is 0. The molecule has 2 aromatic carbocycles. The molecule has 0 aliphatic heterocycles. The fourth-order valence-corrected chi connectivity index (χ4v) is 6.83. The first-order valence-electron chi connectivity index (χ1n) is 18.6. The fourth-order valence-electron chi connectivity index (χ4n) is 6.83. The first-order chi connectivity index (χ1) is 24.0. The molecule has 0 fully saturated rings. The van der Waals surface area contributed by atoms with Crippen LogP contribution in [-0.2, 0) is 22.4 Å². The number of carboxylic acid groups (broad SMARTS) is 2. The molecule has 0 aliphatic rings. The Kier molecular flexibility index (Phi) is 20.0. The van der Waals surface area contributed by atoms with Gasteiger partial charge in [0.1, 0.15) is 18.2 Å². The smallest absolute Gasteiger partial charge is 0.419 e. The summed E-state index contributed by atoms with van der Waals surface area (Å²) in [5, 5.41) is 27.8. The number of unbranched alkanes of at least 4 members (excludes halogenated alkanes) is 9. The van der Waals surface area contributed by atoms with Crippen molar-refractivity contribution in [2.24, 2.45) is 17.8 Å². The highest BCUT2D eigenvalue weighted by atomic mass is 16.4. The normalized spacial score (nSPS) is 14.5. The van der Waals surface area contributed by atoms with Crippen LogP contribution in [0.25, 0.3) is 0 Å². The fraction of sp³-hybridized carbons (Fsp3) is 0.600. The number of nitrogens with one attached hydrogen (secondary N) is 3. The van der Waals surface area contributed by atoms with E-state index in [9.17, 15) is 29.4 Å². The molecular formula is C40H62N4O6. The van der Waals surface area contributed by atoms with Crippen LogP contribution < -0.4 is 16.1 Å². The predicted octanol–water partition coefficient (Wildman–Crippen LogP) is 7.86. The van der Waals surface area contributed by atoms with E-state index in [2.05, 4.69) is 29.9 Å². The molecule has 2 unspecified atom stereocenters. The SMILES string of the molecule is CC(C)C(C=O)NCCCCCCCCCCCC[C@@H](Cc1ccccc1)C(Cc1ccccc1)(NC(=O)O)N(NC(=O)O)[C@H](C=O)C(C)C. The molecule has 5 N–H and O–H groups in total. The van der Waals surface area contributed by atoms with Crippen molar-refractivity contribution in [1.29, 1.82) is 0 Å². The number of hydrogen-bond donors (Lipinski definition) is 5. The maximum Gasteiger partial charge on any atom is 0.419 e. The van der Waals surface area contributed by atoms with Crippen LogP contribution in [0.15, 0.2) is 60.7 Å². The molecule has 0 aliphatic carbocycles. The zero-order chi connectivity index (χ0) is 36.8. The third-order valence-corrected chi connectivity index (χ3v) is 9.63. The van der Waals surface area contributed by atoms with Crippen LogP contribution in [0.1, 0.15) is 109 Å². The van der Waals surface area contributed by atoms with Crippen molar-refractivity contribution in [3.05, 3.63) is 71.8 Å². The molecule has 2 aromatic rings. The Morgan fingerprint density at radius 2 is 1.22 bits per heavy atom. The number of nitrogens with zero attached hydrogens (tertiary/aromatic N) is 1. The number of aldehydes is 2. The lowest BCUT2D eigenvalue weighted by Gasteiger charge is -2.51. The second-order valence-electron chi connectivity index (χ2n) is 14.2. The molecule has 0 aromatic heterocycles. The average Bonchev–Trinajstić information content (AvgIpc) is 3.07. The van der Waals surface area contributed by atoms with Crippen molar-refractivity contribution in [1.82, 2.24) is 21.1 Å². The van der Waals surface area contributed by atoms with E-state index >= 15 is 0 Å². The summed E-state index contributed by atoms with van der Waals surface area (Å²) in [6.07, 6.45) is 11.3. The number of benzene rings is 2. The Bertz CT molecular complexity index is 1240. The molecule has 10 heteroatoms. The van der Waals surface area contributed by atoms with Gasteiger partial charge in [-0.2, -0.15) is 5.01 Å². The Balaban J connectivity index is 2.17. The molecular weight excluding hydrogens is 632 g/mol. The molecule has 0 saturated carbocycles. The highest BCUT2D eigenvalue weighted by molar-refractivity contribution is 5.68. The van der Waals surface area contributed by atoms with Crippen LogP contribution in [0, 0.1) is 17.8 Å². The van der Waals surface area contributed by atoms with E-state index in [0.717, 1.165) is 68.9 Å². The Hall–Kier alpha value is -3.76. The lowest BCUT2D eigenvalue weighted by atomic mass is 9.77. The van der Waals surface area contributed by atoms with Gasteiger partial charge in [-0.3, -0.25) is 5.43 Å². The summed E-state index contributed by atoms with van der Waals surface area (Å²) in [5.74, 6) is -0.381. The lowest BCUT2D eigenvalue weighted by Crippen LogP contribution is -2.73. The van der Waals surface area contributed by atoms with E-state index < -0.39 is 23.9 Å². The summed E-state index contributed by atoms with van der Waals surface area (Å²) in [6.45, 7) is 8.63. The minimum atomic E-state index is -1.48. The summed E-state index contributed by atoms with van der Waals surface area (Å²) in [6, 6.07) is 18.2. The summed E-state index contributed by atoms with van der Waals surface area (Å²) < 4.78 is 0. The maximum absolute atomic E-state index is 12.7. The Morgan fingerprint density at radius 1 is 0.700 bits per heavy atom. The van der Waals surface area contributed by atoms with Gasteiger partial charge in [0.15, 0.2) is 0 Å². The van der Waals surface area contributed by atoms with E-state index in [1.54, 1.807) is 0 Å². The van der Waals surface area contributed by atoms with Gasteiger partial charge in [-0.05, 0) is 48.8 Å². The van der Waals surface area contributed by atoms with Crippen molar-refractivity contribution < 1.29 is 29.4 Å². The molecule has 278 valence electrons. The zero-order valence-electron chi connectivity index (χ0n) is 30.7. The quantitative estimate of drug-likeness (QED) is 0.0275. The number of carbonyl (C=O) groups is 4. The molecule has 0 heterocycles. The predicted molar refractivity (Wildman–Crippen MR) is 199 cm³/mol. The highest BCUT2D eigenvalue weighted by Crippen LogP contribution is 2.35. The van der Waals surface area contributed by atoms with Crippen LogP contribution >= 0.6 is 0 Å². The third-order valence-electron chi connectivity index (χ3n) is 9.63. The number of amides is 2. The van der Waals surface area contributed by atoms with Gasteiger partial charge in [0.25, 0.3) is 0 Å². The molecule has 50 heavy (non-hydrogen) atoms. The number of carbonyl (C=O) groups excluding carboxylic acids is 2. The van der Waals surface area contributed by atoms with E-state index in [-0.39, 0.29) is 24.3 Å². The van der Waals surface area contributed by atoms with Crippen molar-refractivity contribution >= 4 is 24.8 Å².